The maximum atomic E-state index is 14.4. The van der Waals surface area contributed by atoms with Crippen LogP contribution in [-0.4, -0.2) is 37.7 Å². The van der Waals surface area contributed by atoms with E-state index in [9.17, 15) is 22.0 Å². The molecule has 0 bridgehead atoms. The Morgan fingerprint density at radius 1 is 1.07 bits per heavy atom. The first-order valence-corrected chi connectivity index (χ1v) is 9.31. The molecule has 3 aromatic heterocycles. The Bertz CT molecular complexity index is 1110. The zero-order valence-corrected chi connectivity index (χ0v) is 15.4. The number of nitrogens with zero attached hydrogens (tertiary/aromatic N) is 4. The summed E-state index contributed by atoms with van der Waals surface area (Å²) in [6.45, 7) is 0. The highest BCUT2D eigenvalue weighted by atomic mass is 19.3. The Labute approximate surface area is 166 Å². The second-order valence-corrected chi connectivity index (χ2v) is 7.52. The molecule has 30 heavy (non-hydrogen) atoms. The number of hydrogen-bond donors (Lipinski definition) is 0. The van der Waals surface area contributed by atoms with E-state index < -0.39 is 48.7 Å². The lowest BCUT2D eigenvalue weighted by Crippen LogP contribution is -2.43. The summed E-state index contributed by atoms with van der Waals surface area (Å²) in [5, 5.41) is 7.26. The van der Waals surface area contributed by atoms with Gasteiger partial charge in [0.15, 0.2) is 11.5 Å². The second-order valence-electron chi connectivity index (χ2n) is 7.52. The fourth-order valence-electron chi connectivity index (χ4n) is 3.23. The van der Waals surface area contributed by atoms with Gasteiger partial charge in [-0.3, -0.25) is 4.40 Å². The fourth-order valence-corrected chi connectivity index (χ4v) is 3.23. The first-order valence-electron chi connectivity index (χ1n) is 9.31. The molecule has 6 nitrogen and oxygen atoms in total. The van der Waals surface area contributed by atoms with Crippen LogP contribution in [0.25, 0.3) is 16.8 Å². The topological polar surface area (TPSA) is 61.5 Å². The maximum Gasteiger partial charge on any atom is 0.418 e. The van der Waals surface area contributed by atoms with E-state index in [0.29, 0.717) is 18.4 Å². The minimum absolute atomic E-state index is 0.173. The van der Waals surface area contributed by atoms with Crippen LogP contribution in [0.4, 0.5) is 22.0 Å². The summed E-state index contributed by atoms with van der Waals surface area (Å²) in [6, 6.07) is 4.11. The molecule has 3 aromatic rings. The van der Waals surface area contributed by atoms with E-state index in [-0.39, 0.29) is 17.1 Å². The highest BCUT2D eigenvalue weighted by molar-refractivity contribution is 5.64. The number of hydrogen-bond acceptors (Lipinski definition) is 5. The highest BCUT2D eigenvalue weighted by Crippen LogP contribution is 2.40. The molecular formula is C19H15F5N4O2. The average Bonchev–Trinajstić information content (AvgIpc) is 3.34. The van der Waals surface area contributed by atoms with Crippen LogP contribution in [0.5, 0.6) is 5.88 Å². The highest BCUT2D eigenvalue weighted by Gasteiger charge is 2.47. The van der Waals surface area contributed by atoms with Crippen molar-refractivity contribution in [3.05, 3.63) is 42.2 Å². The van der Waals surface area contributed by atoms with Crippen LogP contribution in [0.1, 0.15) is 31.5 Å². The minimum atomic E-state index is -3.62. The van der Waals surface area contributed by atoms with Gasteiger partial charge in [-0.1, -0.05) is 0 Å². The van der Waals surface area contributed by atoms with E-state index in [1.54, 1.807) is 6.07 Å². The van der Waals surface area contributed by atoms with E-state index in [1.165, 1.54) is 18.5 Å². The largest absolute Gasteiger partial charge is 0.472 e. The lowest BCUT2D eigenvalue weighted by Gasteiger charge is -2.34. The van der Waals surface area contributed by atoms with Crippen molar-refractivity contribution in [2.24, 2.45) is 0 Å². The van der Waals surface area contributed by atoms with Crippen molar-refractivity contribution in [3.8, 4) is 17.0 Å². The summed E-state index contributed by atoms with van der Waals surface area (Å²) in [5.41, 5.74) is 0.831. The molecule has 0 amide bonds. The zero-order valence-electron chi connectivity index (χ0n) is 15.4. The molecule has 0 unspecified atom stereocenters. The molecule has 2 saturated carbocycles. The number of ether oxygens (including phenoxy) is 2. The molecule has 0 atom stereocenters. The fraction of sp³-hybridized carbons (Fsp3) is 0.421. The summed E-state index contributed by atoms with van der Waals surface area (Å²) in [5.74, 6) is -4.69. The van der Waals surface area contributed by atoms with Gasteiger partial charge in [0.05, 0.1) is 6.10 Å². The zero-order chi connectivity index (χ0) is 21.1. The van der Waals surface area contributed by atoms with Crippen molar-refractivity contribution >= 4 is 5.65 Å². The van der Waals surface area contributed by atoms with Crippen LogP contribution in [-0.2, 0) is 10.8 Å². The second kappa shape index (κ2) is 6.59. The van der Waals surface area contributed by atoms with Gasteiger partial charge in [0.25, 0.3) is 11.8 Å². The molecule has 3 heterocycles. The van der Waals surface area contributed by atoms with E-state index in [0.717, 1.165) is 10.5 Å². The molecule has 0 saturated heterocycles. The van der Waals surface area contributed by atoms with Gasteiger partial charge in [0, 0.05) is 36.4 Å². The van der Waals surface area contributed by atoms with Crippen LogP contribution in [0.3, 0.4) is 0 Å². The Morgan fingerprint density at radius 3 is 2.50 bits per heavy atom. The molecule has 0 aromatic carbocycles. The Kier molecular flexibility index (Phi) is 4.21. The maximum absolute atomic E-state index is 14.4. The first-order chi connectivity index (χ1) is 14.2. The quantitative estimate of drug-likeness (QED) is 0.549. The lowest BCUT2D eigenvalue weighted by molar-refractivity contribution is -0.261. The number of fused-ring (bicyclic) bond motifs is 1. The average molecular weight is 426 g/mol. The molecule has 5 rings (SSSR count). The van der Waals surface area contributed by atoms with Gasteiger partial charge in [0.2, 0.25) is 5.82 Å². The standard InChI is InChI=1S/C19H15F5N4O2/c20-14-5-11(8-25-16(14)29-13-6-18(21,22)7-13)10-1-4-15-26-27-17(28(15)9-10)19(23,24)30-12-2-3-12/h1,4-5,8-9,12-13H,2-3,6-7H2. The number of pyridine rings is 2. The molecule has 158 valence electrons. The van der Waals surface area contributed by atoms with Gasteiger partial charge in [-0.15, -0.1) is 10.2 Å². The SMILES string of the molecule is Fc1cc(-c2ccc3nnc(C(F)(F)OC4CC4)n3c2)cnc1OC1CC(F)(F)C1. The monoisotopic (exact) mass is 426 g/mol. The Hall–Kier alpha value is -2.82. The number of rotatable bonds is 6. The first kappa shape index (κ1) is 19.2. The summed E-state index contributed by atoms with van der Waals surface area (Å²) in [4.78, 5) is 3.86. The van der Waals surface area contributed by atoms with Gasteiger partial charge in [-0.2, -0.15) is 8.78 Å². The summed E-state index contributed by atoms with van der Waals surface area (Å²) < 4.78 is 79.9. The van der Waals surface area contributed by atoms with Crippen LogP contribution < -0.4 is 4.74 Å². The number of aromatic nitrogens is 4. The Morgan fingerprint density at radius 2 is 1.83 bits per heavy atom. The summed E-state index contributed by atoms with van der Waals surface area (Å²) >= 11 is 0. The van der Waals surface area contributed by atoms with E-state index in [4.69, 9.17) is 9.47 Å². The summed E-state index contributed by atoms with van der Waals surface area (Å²) in [7, 11) is 0. The van der Waals surface area contributed by atoms with Crippen molar-refractivity contribution < 1.29 is 31.4 Å². The number of alkyl halides is 4. The van der Waals surface area contributed by atoms with E-state index in [2.05, 4.69) is 15.2 Å². The van der Waals surface area contributed by atoms with Crippen molar-refractivity contribution in [1.82, 2.24) is 19.6 Å². The molecular weight excluding hydrogens is 411 g/mol. The third kappa shape index (κ3) is 3.57. The predicted octanol–water partition coefficient (Wildman–Crippen LogP) is 4.34. The lowest BCUT2D eigenvalue weighted by atomic mass is 9.91. The molecule has 2 fully saturated rings. The summed E-state index contributed by atoms with van der Waals surface area (Å²) in [6.07, 6.45) is -2.15. The number of halogens is 5. The van der Waals surface area contributed by atoms with Crippen LogP contribution in [0.15, 0.2) is 30.6 Å². The smallest absolute Gasteiger partial charge is 0.418 e. The minimum Gasteiger partial charge on any atom is -0.472 e. The van der Waals surface area contributed by atoms with E-state index in [1.807, 2.05) is 0 Å². The van der Waals surface area contributed by atoms with Crippen LogP contribution >= 0.6 is 0 Å². The van der Waals surface area contributed by atoms with Crippen LogP contribution in [0, 0.1) is 5.82 Å². The normalized spacial score (nSPS) is 19.1. The van der Waals surface area contributed by atoms with Crippen molar-refractivity contribution in [2.45, 2.75) is 49.9 Å². The van der Waals surface area contributed by atoms with Gasteiger partial charge in [0.1, 0.15) is 6.10 Å². The molecule has 0 radical (unpaired) electrons. The van der Waals surface area contributed by atoms with Gasteiger partial charge < -0.3 is 9.47 Å². The van der Waals surface area contributed by atoms with Crippen molar-refractivity contribution in [2.75, 3.05) is 0 Å². The van der Waals surface area contributed by atoms with Crippen molar-refractivity contribution in [3.63, 3.8) is 0 Å². The van der Waals surface area contributed by atoms with Gasteiger partial charge in [-0.05, 0) is 31.0 Å². The van der Waals surface area contributed by atoms with Gasteiger partial charge >= 0.3 is 6.11 Å². The molecule has 2 aliphatic carbocycles. The predicted molar refractivity (Wildman–Crippen MR) is 92.8 cm³/mol. The van der Waals surface area contributed by atoms with Gasteiger partial charge in [-0.25, -0.2) is 18.2 Å². The molecule has 0 aliphatic heterocycles. The molecule has 0 N–H and O–H groups in total. The molecule has 2 aliphatic rings. The Balaban J connectivity index is 1.41. The third-order valence-corrected chi connectivity index (χ3v) is 4.97. The van der Waals surface area contributed by atoms with Crippen LogP contribution in [0.2, 0.25) is 0 Å². The molecule has 0 spiro atoms. The van der Waals surface area contributed by atoms with E-state index >= 15 is 0 Å². The molecule has 11 heteroatoms. The third-order valence-electron chi connectivity index (χ3n) is 4.97. The van der Waals surface area contributed by atoms with Crippen molar-refractivity contribution in [1.29, 1.82) is 0 Å².